The zero-order valence-electron chi connectivity index (χ0n) is 12.4. The van der Waals surface area contributed by atoms with Crippen LogP contribution in [0.3, 0.4) is 0 Å². The molecule has 0 aromatic heterocycles. The number of esters is 1. The van der Waals surface area contributed by atoms with Crippen LogP contribution in [-0.2, 0) is 9.53 Å². The van der Waals surface area contributed by atoms with E-state index in [1.807, 2.05) is 37.3 Å². The second kappa shape index (κ2) is 7.99. The van der Waals surface area contributed by atoms with Crippen molar-refractivity contribution in [3.63, 3.8) is 0 Å². The lowest BCUT2D eigenvalue weighted by Gasteiger charge is -2.14. The lowest BCUT2D eigenvalue weighted by Crippen LogP contribution is -2.31. The second-order valence-electron chi connectivity index (χ2n) is 4.90. The molecule has 4 nitrogen and oxygen atoms in total. The van der Waals surface area contributed by atoms with Gasteiger partial charge in [0.05, 0.1) is 16.6 Å². The first kappa shape index (κ1) is 17.3. The van der Waals surface area contributed by atoms with E-state index < -0.39 is 18.5 Å². The number of halogens is 2. The van der Waals surface area contributed by atoms with Crippen LogP contribution in [-0.4, -0.2) is 18.5 Å². The topological polar surface area (TPSA) is 55.4 Å². The van der Waals surface area contributed by atoms with Crippen LogP contribution in [0.5, 0.6) is 0 Å². The van der Waals surface area contributed by atoms with Crippen LogP contribution in [0, 0.1) is 0 Å². The van der Waals surface area contributed by atoms with E-state index in [4.69, 9.17) is 27.9 Å². The zero-order valence-corrected chi connectivity index (χ0v) is 13.9. The van der Waals surface area contributed by atoms with E-state index in [1.165, 1.54) is 12.1 Å². The Balaban J connectivity index is 1.89. The van der Waals surface area contributed by atoms with E-state index in [0.717, 1.165) is 5.56 Å². The minimum absolute atomic E-state index is 0.128. The molecule has 0 spiro atoms. The average molecular weight is 352 g/mol. The molecular formula is C17H15Cl2NO3. The standard InChI is InChI=1S/C17H15Cl2NO3/c1-11(12-5-3-2-4-6-12)20-16(21)10-23-17(22)14-9-13(18)7-8-15(14)19/h2-9,11H,10H2,1H3,(H,20,21)/t11-/m0/s1. The van der Waals surface area contributed by atoms with E-state index in [9.17, 15) is 9.59 Å². The number of carbonyl (C=O) groups is 2. The van der Waals surface area contributed by atoms with Gasteiger partial charge in [0, 0.05) is 5.02 Å². The molecule has 0 heterocycles. The van der Waals surface area contributed by atoms with Gasteiger partial charge in [-0.2, -0.15) is 0 Å². The van der Waals surface area contributed by atoms with Gasteiger partial charge in [-0.3, -0.25) is 4.79 Å². The van der Waals surface area contributed by atoms with Crippen LogP contribution in [0.15, 0.2) is 48.5 Å². The summed E-state index contributed by atoms with van der Waals surface area (Å²) in [6.45, 7) is 1.46. The van der Waals surface area contributed by atoms with Crippen molar-refractivity contribution in [1.82, 2.24) is 5.32 Å². The summed E-state index contributed by atoms with van der Waals surface area (Å²) in [6.07, 6.45) is 0. The average Bonchev–Trinajstić information content (AvgIpc) is 2.55. The fourth-order valence-electron chi connectivity index (χ4n) is 1.97. The highest BCUT2D eigenvalue weighted by atomic mass is 35.5. The summed E-state index contributed by atoms with van der Waals surface area (Å²) in [7, 11) is 0. The van der Waals surface area contributed by atoms with Gasteiger partial charge in [-0.25, -0.2) is 4.79 Å². The summed E-state index contributed by atoms with van der Waals surface area (Å²) in [6, 6.07) is 13.8. The van der Waals surface area contributed by atoms with Crippen molar-refractivity contribution in [2.24, 2.45) is 0 Å². The molecule has 0 saturated carbocycles. The summed E-state index contributed by atoms with van der Waals surface area (Å²) >= 11 is 11.7. The van der Waals surface area contributed by atoms with Crippen LogP contribution in [0.4, 0.5) is 0 Å². The molecule has 2 rings (SSSR count). The maximum atomic E-state index is 11.9. The van der Waals surface area contributed by atoms with E-state index in [2.05, 4.69) is 5.32 Å². The molecule has 0 radical (unpaired) electrons. The van der Waals surface area contributed by atoms with Crippen molar-refractivity contribution in [3.8, 4) is 0 Å². The third-order valence-electron chi connectivity index (χ3n) is 3.16. The summed E-state index contributed by atoms with van der Waals surface area (Å²) in [5.41, 5.74) is 1.09. The number of benzene rings is 2. The molecule has 1 amide bonds. The second-order valence-corrected chi connectivity index (χ2v) is 5.74. The van der Waals surface area contributed by atoms with E-state index in [1.54, 1.807) is 6.07 Å². The zero-order chi connectivity index (χ0) is 16.8. The van der Waals surface area contributed by atoms with Gasteiger partial charge >= 0.3 is 5.97 Å². The summed E-state index contributed by atoms with van der Waals surface area (Å²) in [5, 5.41) is 3.34. The van der Waals surface area contributed by atoms with Crippen LogP contribution in [0.2, 0.25) is 10.0 Å². The van der Waals surface area contributed by atoms with Crippen molar-refractivity contribution in [2.45, 2.75) is 13.0 Å². The summed E-state index contributed by atoms with van der Waals surface area (Å²) in [4.78, 5) is 23.8. The van der Waals surface area contributed by atoms with Gasteiger partial charge in [0.15, 0.2) is 6.61 Å². The first-order valence-electron chi connectivity index (χ1n) is 6.94. The predicted molar refractivity (Wildman–Crippen MR) is 89.7 cm³/mol. The van der Waals surface area contributed by atoms with Gasteiger partial charge in [-0.15, -0.1) is 0 Å². The molecule has 2 aromatic rings. The molecule has 120 valence electrons. The highest BCUT2D eigenvalue weighted by Crippen LogP contribution is 2.21. The maximum absolute atomic E-state index is 11.9. The van der Waals surface area contributed by atoms with Crippen molar-refractivity contribution >= 4 is 35.1 Å². The molecule has 0 aliphatic carbocycles. The van der Waals surface area contributed by atoms with Crippen molar-refractivity contribution in [1.29, 1.82) is 0 Å². The largest absolute Gasteiger partial charge is 0.452 e. The minimum Gasteiger partial charge on any atom is -0.452 e. The minimum atomic E-state index is -0.694. The molecule has 0 unspecified atom stereocenters. The third kappa shape index (κ3) is 4.98. The molecule has 23 heavy (non-hydrogen) atoms. The van der Waals surface area contributed by atoms with Crippen molar-refractivity contribution < 1.29 is 14.3 Å². The first-order valence-corrected chi connectivity index (χ1v) is 7.69. The highest BCUT2D eigenvalue weighted by Gasteiger charge is 2.15. The maximum Gasteiger partial charge on any atom is 0.340 e. The van der Waals surface area contributed by atoms with Gasteiger partial charge in [0.1, 0.15) is 0 Å². The molecule has 1 atom stereocenters. The number of hydrogen-bond acceptors (Lipinski definition) is 3. The molecule has 0 fully saturated rings. The third-order valence-corrected chi connectivity index (χ3v) is 3.72. The molecule has 2 aromatic carbocycles. The van der Waals surface area contributed by atoms with Gasteiger partial charge < -0.3 is 10.1 Å². The van der Waals surface area contributed by atoms with E-state index in [0.29, 0.717) is 5.02 Å². The fourth-order valence-corrected chi connectivity index (χ4v) is 2.34. The Morgan fingerprint density at radius 2 is 1.83 bits per heavy atom. The van der Waals surface area contributed by atoms with Crippen LogP contribution >= 0.6 is 23.2 Å². The first-order chi connectivity index (χ1) is 11.0. The lowest BCUT2D eigenvalue weighted by molar-refractivity contribution is -0.124. The molecular weight excluding hydrogens is 337 g/mol. The Morgan fingerprint density at radius 3 is 2.52 bits per heavy atom. The van der Waals surface area contributed by atoms with Crippen LogP contribution < -0.4 is 5.32 Å². The highest BCUT2D eigenvalue weighted by molar-refractivity contribution is 6.35. The predicted octanol–water partition coefficient (Wildman–Crippen LogP) is 4.03. The van der Waals surface area contributed by atoms with Gasteiger partial charge in [-0.1, -0.05) is 53.5 Å². The molecule has 0 saturated heterocycles. The Kier molecular flexibility index (Phi) is 6.02. The molecule has 6 heteroatoms. The molecule has 0 bridgehead atoms. The Morgan fingerprint density at radius 1 is 1.13 bits per heavy atom. The van der Waals surface area contributed by atoms with Gasteiger partial charge in [-0.05, 0) is 30.7 Å². The molecule has 0 aliphatic heterocycles. The van der Waals surface area contributed by atoms with E-state index >= 15 is 0 Å². The molecule has 1 N–H and O–H groups in total. The number of hydrogen-bond donors (Lipinski definition) is 1. The Hall–Kier alpha value is -2.04. The summed E-state index contributed by atoms with van der Waals surface area (Å²) < 4.78 is 4.97. The van der Waals surface area contributed by atoms with Gasteiger partial charge in [0.25, 0.3) is 5.91 Å². The quantitative estimate of drug-likeness (QED) is 0.827. The monoisotopic (exact) mass is 351 g/mol. The number of nitrogens with one attached hydrogen (secondary N) is 1. The smallest absolute Gasteiger partial charge is 0.340 e. The SMILES string of the molecule is C[C@H](NC(=O)COC(=O)c1cc(Cl)ccc1Cl)c1ccccc1. The number of amides is 1. The van der Waals surface area contributed by atoms with Crippen molar-refractivity contribution in [2.75, 3.05) is 6.61 Å². The number of carbonyl (C=O) groups excluding carboxylic acids is 2. The van der Waals surface area contributed by atoms with Crippen molar-refractivity contribution in [3.05, 3.63) is 69.7 Å². The number of ether oxygens (including phenoxy) is 1. The van der Waals surface area contributed by atoms with E-state index in [-0.39, 0.29) is 16.6 Å². The Labute approximate surface area is 144 Å². The van der Waals surface area contributed by atoms with Crippen LogP contribution in [0.25, 0.3) is 0 Å². The Bertz CT molecular complexity index is 704. The summed E-state index contributed by atoms with van der Waals surface area (Å²) in [5.74, 6) is -1.09. The van der Waals surface area contributed by atoms with Crippen LogP contribution in [0.1, 0.15) is 28.9 Å². The normalized spacial score (nSPS) is 11.6. The van der Waals surface area contributed by atoms with Gasteiger partial charge in [0.2, 0.25) is 0 Å². The lowest BCUT2D eigenvalue weighted by atomic mass is 10.1. The number of rotatable bonds is 5. The molecule has 0 aliphatic rings. The fraction of sp³-hybridized carbons (Fsp3) is 0.176.